The molecule has 2 N–H and O–H groups in total. The van der Waals surface area contributed by atoms with E-state index in [0.29, 0.717) is 17.2 Å². The number of pyridine rings is 1. The van der Waals surface area contributed by atoms with Gasteiger partial charge in [0, 0.05) is 61.0 Å². The molecule has 1 aliphatic carbocycles. The van der Waals surface area contributed by atoms with Crippen molar-refractivity contribution in [2.45, 2.75) is 38.6 Å². The van der Waals surface area contributed by atoms with Crippen LogP contribution in [0.4, 0.5) is 10.8 Å². The average molecular weight is 565 g/mol. The summed E-state index contributed by atoms with van der Waals surface area (Å²) in [4.78, 5) is 38.1. The molecule has 0 spiro atoms. The van der Waals surface area contributed by atoms with Crippen LogP contribution in [-0.4, -0.2) is 39.4 Å². The van der Waals surface area contributed by atoms with E-state index in [-0.39, 0.29) is 17.7 Å². The predicted molar refractivity (Wildman–Crippen MR) is 164 cm³/mol. The second-order valence-corrected chi connectivity index (χ2v) is 12.1. The number of carbonyl (C=O) groups is 2. The maximum atomic E-state index is 13.3. The van der Waals surface area contributed by atoms with Gasteiger partial charge < -0.3 is 20.1 Å². The molecule has 5 aromatic rings. The zero-order valence-electron chi connectivity index (χ0n) is 23.0. The predicted octanol–water partition coefficient (Wildman–Crippen LogP) is 6.12. The lowest BCUT2D eigenvalue weighted by atomic mass is 10.1. The van der Waals surface area contributed by atoms with Gasteiger partial charge in [0.1, 0.15) is 10.3 Å². The molecule has 0 atom stereocenters. The Morgan fingerprint density at radius 2 is 1.78 bits per heavy atom. The summed E-state index contributed by atoms with van der Waals surface area (Å²) in [6, 6.07) is 18.5. The van der Waals surface area contributed by atoms with Crippen molar-refractivity contribution < 1.29 is 9.59 Å². The van der Waals surface area contributed by atoms with Crippen LogP contribution >= 0.6 is 11.3 Å². The summed E-state index contributed by atoms with van der Waals surface area (Å²) in [5.41, 5.74) is 6.43. The van der Waals surface area contributed by atoms with Crippen molar-refractivity contribution in [3.63, 3.8) is 0 Å². The molecule has 7 rings (SSSR count). The lowest BCUT2D eigenvalue weighted by Gasteiger charge is -2.28. The molecule has 0 unspecified atom stereocenters. The van der Waals surface area contributed by atoms with Crippen LogP contribution in [0.15, 0.2) is 60.8 Å². The highest BCUT2D eigenvalue weighted by Gasteiger charge is 2.30. The van der Waals surface area contributed by atoms with E-state index in [1.54, 1.807) is 0 Å². The molecule has 9 heteroatoms. The Balaban J connectivity index is 1.09. The molecule has 1 saturated carbocycles. The van der Waals surface area contributed by atoms with Gasteiger partial charge in [0.05, 0.1) is 11.3 Å². The number of benzene rings is 2. The third-order valence-electron chi connectivity index (χ3n) is 8.07. The first-order valence-corrected chi connectivity index (χ1v) is 15.1. The summed E-state index contributed by atoms with van der Waals surface area (Å²) in [6.45, 7) is 2.71. The smallest absolute Gasteiger partial charge is 0.253 e. The van der Waals surface area contributed by atoms with E-state index in [0.717, 1.165) is 64.0 Å². The monoisotopic (exact) mass is 564 g/mol. The number of piperidine rings is 1. The molecule has 2 fully saturated rings. The Bertz CT molecular complexity index is 1760. The Morgan fingerprint density at radius 1 is 0.976 bits per heavy atom. The van der Waals surface area contributed by atoms with Crippen LogP contribution in [0.25, 0.3) is 32.5 Å². The summed E-state index contributed by atoms with van der Waals surface area (Å²) in [5.74, 6) is 0.0633. The van der Waals surface area contributed by atoms with Crippen molar-refractivity contribution in [2.24, 2.45) is 13.0 Å². The summed E-state index contributed by atoms with van der Waals surface area (Å²) >= 11 is 1.38. The highest BCUT2D eigenvalue weighted by atomic mass is 32.1. The molecular formula is C32H32N6O2S. The Morgan fingerprint density at radius 3 is 2.56 bits per heavy atom. The van der Waals surface area contributed by atoms with Gasteiger partial charge in [-0.25, -0.2) is 9.97 Å². The third kappa shape index (κ3) is 5.29. The zero-order valence-corrected chi connectivity index (χ0v) is 23.8. The highest BCUT2D eigenvalue weighted by molar-refractivity contribution is 7.22. The maximum absolute atomic E-state index is 13.3. The first-order chi connectivity index (χ1) is 20.0. The number of fused-ring (bicyclic) bond motifs is 2. The van der Waals surface area contributed by atoms with Gasteiger partial charge in [-0.05, 0) is 74.1 Å². The van der Waals surface area contributed by atoms with E-state index in [4.69, 9.17) is 4.98 Å². The van der Waals surface area contributed by atoms with Gasteiger partial charge in [-0.1, -0.05) is 29.5 Å². The van der Waals surface area contributed by atoms with Crippen LogP contribution in [0.5, 0.6) is 0 Å². The Labute approximate surface area is 242 Å². The molecule has 4 heterocycles. The van der Waals surface area contributed by atoms with Crippen LogP contribution in [0.1, 0.15) is 48.0 Å². The zero-order chi connectivity index (χ0) is 27.9. The van der Waals surface area contributed by atoms with Crippen molar-refractivity contribution in [2.75, 3.05) is 23.3 Å². The SMILES string of the molecule is Cn1cc(C(=O)NCc2ccc(N3CCCCC3)cc2)c2cc(-c3ccc4nc(NC(=O)C5CC5)sc4n3)ccc21. The molecule has 1 aliphatic heterocycles. The fourth-order valence-corrected chi connectivity index (χ4v) is 6.41. The van der Waals surface area contributed by atoms with E-state index in [1.807, 2.05) is 48.1 Å². The Kier molecular flexibility index (Phi) is 6.66. The van der Waals surface area contributed by atoms with Gasteiger partial charge in [0.25, 0.3) is 5.91 Å². The molecule has 0 radical (unpaired) electrons. The number of hydrogen-bond donors (Lipinski definition) is 2. The number of aryl methyl sites for hydroxylation is 1. The number of amides is 2. The van der Waals surface area contributed by atoms with Gasteiger partial charge in [-0.3, -0.25) is 9.59 Å². The molecule has 2 aliphatic rings. The number of carbonyl (C=O) groups excluding carboxylic acids is 2. The van der Waals surface area contributed by atoms with Crippen molar-refractivity contribution in [1.29, 1.82) is 0 Å². The van der Waals surface area contributed by atoms with E-state index >= 15 is 0 Å². The minimum Gasteiger partial charge on any atom is -0.372 e. The van der Waals surface area contributed by atoms with E-state index in [2.05, 4.69) is 44.8 Å². The number of anilines is 2. The Hall–Kier alpha value is -4.24. The molecule has 2 amide bonds. The van der Waals surface area contributed by atoms with Crippen LogP contribution < -0.4 is 15.5 Å². The third-order valence-corrected chi connectivity index (χ3v) is 8.95. The van der Waals surface area contributed by atoms with Crippen LogP contribution in [-0.2, 0) is 18.4 Å². The van der Waals surface area contributed by atoms with Crippen molar-refractivity contribution >= 4 is 55.2 Å². The summed E-state index contributed by atoms with van der Waals surface area (Å²) in [7, 11) is 1.96. The molecule has 1 saturated heterocycles. The van der Waals surface area contributed by atoms with E-state index in [9.17, 15) is 9.59 Å². The van der Waals surface area contributed by atoms with Crippen LogP contribution in [0, 0.1) is 5.92 Å². The first-order valence-electron chi connectivity index (χ1n) is 14.3. The molecule has 208 valence electrons. The number of hydrogen-bond acceptors (Lipinski definition) is 6. The van der Waals surface area contributed by atoms with Crippen molar-refractivity contribution in [3.05, 3.63) is 71.9 Å². The first kappa shape index (κ1) is 25.7. The minimum absolute atomic E-state index is 0.0408. The summed E-state index contributed by atoms with van der Waals surface area (Å²) in [6.07, 6.45) is 7.61. The molecule has 3 aromatic heterocycles. The van der Waals surface area contributed by atoms with Gasteiger partial charge in [0.2, 0.25) is 5.91 Å². The van der Waals surface area contributed by atoms with Gasteiger partial charge in [0.15, 0.2) is 5.13 Å². The molecule has 41 heavy (non-hydrogen) atoms. The van der Waals surface area contributed by atoms with Crippen LogP contribution in [0.3, 0.4) is 0 Å². The van der Waals surface area contributed by atoms with Crippen molar-refractivity contribution in [3.8, 4) is 11.3 Å². The fourth-order valence-electron chi connectivity index (χ4n) is 5.57. The summed E-state index contributed by atoms with van der Waals surface area (Å²) in [5, 5.41) is 7.50. The molecule has 8 nitrogen and oxygen atoms in total. The fraction of sp³-hybridized carbons (Fsp3) is 0.312. The second kappa shape index (κ2) is 10.6. The van der Waals surface area contributed by atoms with E-state index < -0.39 is 0 Å². The maximum Gasteiger partial charge on any atom is 0.253 e. The average Bonchev–Trinajstić information content (AvgIpc) is 3.71. The standard InChI is InChI=1S/C32H32N6O2S/c1-37-19-25(30(40)33-18-20-5-10-23(11-6-20)38-15-3-2-4-16-38)24-17-22(9-14-28(24)37)26-12-13-27-31(34-26)41-32(35-27)36-29(39)21-7-8-21/h5-6,9-14,17,19,21H,2-4,7-8,15-16,18H2,1H3,(H,33,40)(H,35,36,39). The lowest BCUT2D eigenvalue weighted by molar-refractivity contribution is -0.117. The number of thiazole rings is 1. The van der Waals surface area contributed by atoms with E-state index in [1.165, 1.54) is 36.3 Å². The number of rotatable bonds is 7. The molecule has 2 aromatic carbocycles. The number of nitrogens with one attached hydrogen (secondary N) is 2. The molecule has 0 bridgehead atoms. The minimum atomic E-state index is -0.102. The molecular weight excluding hydrogens is 532 g/mol. The number of aromatic nitrogens is 3. The number of nitrogens with zero attached hydrogens (tertiary/aromatic N) is 4. The normalized spacial score (nSPS) is 15.4. The van der Waals surface area contributed by atoms with Gasteiger partial charge in [-0.2, -0.15) is 0 Å². The topological polar surface area (TPSA) is 92.2 Å². The van der Waals surface area contributed by atoms with Crippen LogP contribution in [0.2, 0.25) is 0 Å². The van der Waals surface area contributed by atoms with Crippen molar-refractivity contribution in [1.82, 2.24) is 19.9 Å². The summed E-state index contributed by atoms with van der Waals surface area (Å²) < 4.78 is 1.98. The lowest BCUT2D eigenvalue weighted by Crippen LogP contribution is -2.29. The largest absolute Gasteiger partial charge is 0.372 e. The van der Waals surface area contributed by atoms with Gasteiger partial charge in [-0.15, -0.1) is 0 Å². The second-order valence-electron chi connectivity index (χ2n) is 11.1. The highest BCUT2D eigenvalue weighted by Crippen LogP contribution is 2.33. The van der Waals surface area contributed by atoms with Gasteiger partial charge >= 0.3 is 0 Å². The quantitative estimate of drug-likeness (QED) is 0.249.